The minimum atomic E-state index is 0.659. The van der Waals surface area contributed by atoms with Crippen LogP contribution in [0, 0.1) is 13.8 Å². The topological polar surface area (TPSA) is 59.1 Å². The van der Waals surface area contributed by atoms with Crippen molar-refractivity contribution < 1.29 is 4.74 Å². The molecule has 0 atom stereocenters. The van der Waals surface area contributed by atoms with Gasteiger partial charge in [-0.2, -0.15) is 0 Å². The number of nitrogens with zero attached hydrogens (tertiary/aromatic N) is 2. The van der Waals surface area contributed by atoms with Gasteiger partial charge < -0.3 is 15.4 Å². The summed E-state index contributed by atoms with van der Waals surface area (Å²) in [7, 11) is 0. The van der Waals surface area contributed by atoms with Crippen LogP contribution in [0.3, 0.4) is 0 Å². The molecule has 5 heteroatoms. The third-order valence-electron chi connectivity index (χ3n) is 3.75. The average Bonchev–Trinajstić information content (AvgIpc) is 2.60. The Bertz CT molecular complexity index is 847. The molecule has 0 saturated carbocycles. The monoisotopic (exact) mass is 334 g/mol. The normalized spacial score (nSPS) is 10.4. The number of hydrogen-bond acceptors (Lipinski definition) is 5. The molecular weight excluding hydrogens is 312 g/mol. The molecule has 0 aliphatic carbocycles. The quantitative estimate of drug-likeness (QED) is 0.666. The zero-order valence-electron chi connectivity index (χ0n) is 14.7. The average molecular weight is 334 g/mol. The van der Waals surface area contributed by atoms with E-state index < -0.39 is 0 Å². The highest BCUT2D eigenvalue weighted by molar-refractivity contribution is 5.65. The summed E-state index contributed by atoms with van der Waals surface area (Å²) >= 11 is 0. The molecule has 0 unspecified atom stereocenters. The molecule has 3 aromatic rings. The van der Waals surface area contributed by atoms with Gasteiger partial charge in [0.1, 0.15) is 23.7 Å². The van der Waals surface area contributed by atoms with Crippen LogP contribution in [0.15, 0.2) is 54.9 Å². The van der Waals surface area contributed by atoms with Crippen molar-refractivity contribution in [3.05, 3.63) is 66.0 Å². The highest BCUT2D eigenvalue weighted by Crippen LogP contribution is 2.23. The Labute approximate surface area is 148 Å². The lowest BCUT2D eigenvalue weighted by Crippen LogP contribution is -2.00. The van der Waals surface area contributed by atoms with Crippen LogP contribution in [0.5, 0.6) is 5.75 Å². The van der Waals surface area contributed by atoms with Crippen LogP contribution in [0.4, 0.5) is 23.0 Å². The minimum Gasteiger partial charge on any atom is -0.494 e. The van der Waals surface area contributed by atoms with Crippen molar-refractivity contribution >= 4 is 23.0 Å². The van der Waals surface area contributed by atoms with Crippen LogP contribution < -0.4 is 15.4 Å². The van der Waals surface area contributed by atoms with E-state index in [1.54, 1.807) is 6.33 Å². The fraction of sp³-hybridized carbons (Fsp3) is 0.200. The maximum atomic E-state index is 5.45. The second-order valence-corrected chi connectivity index (χ2v) is 5.81. The van der Waals surface area contributed by atoms with Gasteiger partial charge in [0, 0.05) is 17.4 Å². The van der Waals surface area contributed by atoms with E-state index in [0.717, 1.165) is 28.8 Å². The number of benzene rings is 2. The number of rotatable bonds is 6. The van der Waals surface area contributed by atoms with Gasteiger partial charge in [-0.15, -0.1) is 0 Å². The summed E-state index contributed by atoms with van der Waals surface area (Å²) in [6, 6.07) is 16.0. The molecule has 0 radical (unpaired) electrons. The van der Waals surface area contributed by atoms with Gasteiger partial charge in [0.2, 0.25) is 0 Å². The van der Waals surface area contributed by atoms with Gasteiger partial charge in [0.05, 0.1) is 6.61 Å². The van der Waals surface area contributed by atoms with Crippen molar-refractivity contribution in [1.29, 1.82) is 0 Å². The molecule has 5 nitrogen and oxygen atoms in total. The molecule has 0 aliphatic rings. The highest BCUT2D eigenvalue weighted by atomic mass is 16.5. The summed E-state index contributed by atoms with van der Waals surface area (Å²) in [5.41, 5.74) is 4.40. The van der Waals surface area contributed by atoms with E-state index in [4.69, 9.17) is 4.74 Å². The Morgan fingerprint density at radius 3 is 2.28 bits per heavy atom. The molecule has 1 heterocycles. The standard InChI is InChI=1S/C20H22N4O/c1-4-25-17-8-6-16(7-9-17)23-19-12-20(22-13-21-19)24-18-10-5-14(2)11-15(18)3/h5-13H,4H2,1-3H3,(H2,21,22,23,24). The lowest BCUT2D eigenvalue weighted by atomic mass is 10.1. The Hall–Kier alpha value is -3.08. The van der Waals surface area contributed by atoms with Gasteiger partial charge >= 0.3 is 0 Å². The van der Waals surface area contributed by atoms with Crippen LogP contribution in [0.2, 0.25) is 0 Å². The van der Waals surface area contributed by atoms with Crippen LogP contribution in [0.1, 0.15) is 18.1 Å². The lowest BCUT2D eigenvalue weighted by molar-refractivity contribution is 0.340. The molecule has 25 heavy (non-hydrogen) atoms. The Morgan fingerprint density at radius 1 is 0.880 bits per heavy atom. The third-order valence-corrected chi connectivity index (χ3v) is 3.75. The third kappa shape index (κ3) is 4.47. The van der Waals surface area contributed by atoms with Crippen molar-refractivity contribution in [1.82, 2.24) is 9.97 Å². The first kappa shape index (κ1) is 16.8. The van der Waals surface area contributed by atoms with Gasteiger partial charge in [0.25, 0.3) is 0 Å². The van der Waals surface area contributed by atoms with E-state index in [9.17, 15) is 0 Å². The van der Waals surface area contributed by atoms with Crippen LogP contribution in [-0.2, 0) is 0 Å². The number of hydrogen-bond donors (Lipinski definition) is 2. The first-order valence-corrected chi connectivity index (χ1v) is 8.30. The highest BCUT2D eigenvalue weighted by Gasteiger charge is 2.03. The van der Waals surface area contributed by atoms with Crippen LogP contribution in [0.25, 0.3) is 0 Å². The smallest absolute Gasteiger partial charge is 0.135 e. The minimum absolute atomic E-state index is 0.659. The summed E-state index contributed by atoms with van der Waals surface area (Å²) < 4.78 is 5.45. The van der Waals surface area contributed by atoms with Crippen molar-refractivity contribution in [3.8, 4) is 5.75 Å². The number of aromatic nitrogens is 2. The molecule has 2 N–H and O–H groups in total. The van der Waals surface area contributed by atoms with Gasteiger partial charge in [-0.25, -0.2) is 9.97 Å². The van der Waals surface area contributed by atoms with E-state index in [1.165, 1.54) is 11.1 Å². The summed E-state index contributed by atoms with van der Waals surface area (Å²) in [6.07, 6.45) is 1.54. The Morgan fingerprint density at radius 2 is 1.60 bits per heavy atom. The molecule has 0 aliphatic heterocycles. The molecule has 128 valence electrons. The predicted octanol–water partition coefficient (Wildman–Crippen LogP) is 4.98. The van der Waals surface area contributed by atoms with Crippen molar-refractivity contribution in [3.63, 3.8) is 0 Å². The molecule has 0 amide bonds. The maximum Gasteiger partial charge on any atom is 0.135 e. The number of nitrogens with one attached hydrogen (secondary N) is 2. The summed E-state index contributed by atoms with van der Waals surface area (Å²) in [4.78, 5) is 8.57. The second-order valence-electron chi connectivity index (χ2n) is 5.81. The van der Waals surface area contributed by atoms with Gasteiger partial charge in [-0.1, -0.05) is 17.7 Å². The van der Waals surface area contributed by atoms with E-state index in [0.29, 0.717) is 6.61 Å². The summed E-state index contributed by atoms with van der Waals surface area (Å²) in [5, 5.41) is 6.62. The van der Waals surface area contributed by atoms with E-state index >= 15 is 0 Å². The van der Waals surface area contributed by atoms with Crippen LogP contribution in [-0.4, -0.2) is 16.6 Å². The SMILES string of the molecule is CCOc1ccc(Nc2cc(Nc3ccc(C)cc3C)ncn2)cc1. The molecule has 0 bridgehead atoms. The molecule has 3 rings (SSSR count). The zero-order valence-corrected chi connectivity index (χ0v) is 14.7. The fourth-order valence-corrected chi connectivity index (χ4v) is 2.53. The number of ether oxygens (including phenoxy) is 1. The first-order chi connectivity index (χ1) is 12.1. The summed E-state index contributed by atoms with van der Waals surface area (Å²) in [5.74, 6) is 2.33. The summed E-state index contributed by atoms with van der Waals surface area (Å²) in [6.45, 7) is 6.79. The molecular formula is C20H22N4O. The maximum absolute atomic E-state index is 5.45. The van der Waals surface area contributed by atoms with Gasteiger partial charge in [-0.3, -0.25) is 0 Å². The van der Waals surface area contributed by atoms with Gasteiger partial charge in [-0.05, 0) is 56.7 Å². The zero-order chi connectivity index (χ0) is 17.6. The van der Waals surface area contributed by atoms with Crippen LogP contribution >= 0.6 is 0 Å². The first-order valence-electron chi connectivity index (χ1n) is 8.30. The molecule has 0 spiro atoms. The largest absolute Gasteiger partial charge is 0.494 e. The van der Waals surface area contributed by atoms with Gasteiger partial charge in [0.15, 0.2) is 0 Å². The molecule has 1 aromatic heterocycles. The van der Waals surface area contributed by atoms with E-state index in [1.807, 2.05) is 37.3 Å². The fourth-order valence-electron chi connectivity index (χ4n) is 2.53. The van der Waals surface area contributed by atoms with Crippen molar-refractivity contribution in [2.75, 3.05) is 17.2 Å². The van der Waals surface area contributed by atoms with E-state index in [2.05, 4.69) is 52.6 Å². The Balaban J connectivity index is 1.72. The van der Waals surface area contributed by atoms with Crippen molar-refractivity contribution in [2.45, 2.75) is 20.8 Å². The molecule has 2 aromatic carbocycles. The number of anilines is 4. The van der Waals surface area contributed by atoms with E-state index in [-0.39, 0.29) is 0 Å². The predicted molar refractivity (Wildman–Crippen MR) is 102 cm³/mol. The molecule has 0 fully saturated rings. The Kier molecular flexibility index (Phi) is 5.14. The lowest BCUT2D eigenvalue weighted by Gasteiger charge is -2.11. The van der Waals surface area contributed by atoms with Crippen molar-refractivity contribution in [2.24, 2.45) is 0 Å². The molecule has 0 saturated heterocycles. The second kappa shape index (κ2) is 7.66. The number of aryl methyl sites for hydroxylation is 2.